The minimum Gasteiger partial charge on any atom is -0.495 e. The molecule has 1 heterocycles. The molecule has 0 saturated carbocycles. The van der Waals surface area contributed by atoms with Gasteiger partial charge < -0.3 is 4.74 Å². The van der Waals surface area contributed by atoms with Crippen LogP contribution < -0.4 is 10.4 Å². The number of hydrogen-bond acceptors (Lipinski definition) is 2. The van der Waals surface area contributed by atoms with Crippen molar-refractivity contribution >= 4 is 24.2 Å². The fourth-order valence-electron chi connectivity index (χ4n) is 4.94. The highest BCUT2D eigenvalue weighted by molar-refractivity contribution is 7.09. The van der Waals surface area contributed by atoms with Gasteiger partial charge in [0.1, 0.15) is 11.9 Å². The van der Waals surface area contributed by atoms with Crippen molar-refractivity contribution in [3.05, 3.63) is 71.6 Å². The third-order valence-electron chi connectivity index (χ3n) is 6.26. The van der Waals surface area contributed by atoms with E-state index in [2.05, 4.69) is 88.4 Å². The van der Waals surface area contributed by atoms with Gasteiger partial charge in [-0.1, -0.05) is 95.3 Å². The monoisotopic (exact) mass is 406 g/mol. The standard InChI is InChI=1S/C26H34O2Si/c1-19(2)24(27)17-21-18-25(20(3)28-21)29(26(4,5)6,22-13-9-7-10-14-22)23-15-11-8-12-16-23/h7-16,19,21H,17-18H2,1-6H3. The minimum absolute atomic E-state index is 0.0402. The minimum atomic E-state index is -2.36. The molecule has 29 heavy (non-hydrogen) atoms. The molecule has 0 radical (unpaired) electrons. The van der Waals surface area contributed by atoms with Crippen molar-refractivity contribution in [1.29, 1.82) is 0 Å². The molecule has 0 aromatic heterocycles. The maximum Gasteiger partial charge on any atom is 0.153 e. The van der Waals surface area contributed by atoms with Crippen LogP contribution >= 0.6 is 0 Å². The first kappa shape index (κ1) is 21.6. The zero-order chi connectivity index (χ0) is 21.2. The Balaban J connectivity index is 2.17. The topological polar surface area (TPSA) is 26.3 Å². The number of carbonyl (C=O) groups is 1. The van der Waals surface area contributed by atoms with Crippen LogP contribution in [0.2, 0.25) is 5.04 Å². The summed E-state index contributed by atoms with van der Waals surface area (Å²) in [6.07, 6.45) is 1.30. The Labute approximate surface area is 177 Å². The molecule has 1 atom stereocenters. The molecule has 3 heteroatoms. The van der Waals surface area contributed by atoms with E-state index in [9.17, 15) is 4.79 Å². The summed E-state index contributed by atoms with van der Waals surface area (Å²) < 4.78 is 6.33. The van der Waals surface area contributed by atoms with Crippen molar-refractivity contribution in [2.45, 2.75) is 65.5 Å². The average molecular weight is 407 g/mol. The van der Waals surface area contributed by atoms with Crippen LogP contribution in [0.4, 0.5) is 0 Å². The number of benzene rings is 2. The van der Waals surface area contributed by atoms with E-state index in [0.717, 1.165) is 12.2 Å². The highest BCUT2D eigenvalue weighted by Gasteiger charge is 2.53. The first-order valence-electron chi connectivity index (χ1n) is 10.7. The second-order valence-corrected chi connectivity index (χ2v) is 14.3. The van der Waals surface area contributed by atoms with Gasteiger partial charge in [-0.2, -0.15) is 0 Å². The van der Waals surface area contributed by atoms with Crippen molar-refractivity contribution in [2.24, 2.45) is 5.92 Å². The Hall–Kier alpha value is -2.13. The SMILES string of the molecule is CC1=C([Si](c2ccccc2)(c2ccccc2)C(C)(C)C)CC(CC(=O)C(C)C)O1. The van der Waals surface area contributed by atoms with Gasteiger partial charge >= 0.3 is 0 Å². The van der Waals surface area contributed by atoms with Crippen LogP contribution in [0, 0.1) is 5.92 Å². The smallest absolute Gasteiger partial charge is 0.153 e. The molecular formula is C26H34O2Si. The van der Waals surface area contributed by atoms with E-state index in [4.69, 9.17) is 4.74 Å². The normalized spacial score (nSPS) is 17.6. The molecule has 0 N–H and O–H groups in total. The van der Waals surface area contributed by atoms with E-state index < -0.39 is 8.07 Å². The lowest BCUT2D eigenvalue weighted by molar-refractivity contribution is -0.123. The fraction of sp³-hybridized carbons (Fsp3) is 0.423. The summed E-state index contributed by atoms with van der Waals surface area (Å²) in [4.78, 5) is 12.4. The summed E-state index contributed by atoms with van der Waals surface area (Å²) in [6.45, 7) is 13.2. The molecule has 154 valence electrons. The van der Waals surface area contributed by atoms with Crippen molar-refractivity contribution < 1.29 is 9.53 Å². The molecule has 0 spiro atoms. The van der Waals surface area contributed by atoms with Crippen LogP contribution in [0.3, 0.4) is 0 Å². The second kappa shape index (κ2) is 8.31. The number of carbonyl (C=O) groups excluding carboxylic acids is 1. The molecule has 0 fully saturated rings. The first-order chi connectivity index (χ1) is 13.7. The van der Waals surface area contributed by atoms with Crippen LogP contribution in [-0.2, 0) is 9.53 Å². The lowest BCUT2D eigenvalue weighted by Crippen LogP contribution is -2.66. The number of Topliss-reactive ketones (excluding diaryl/α,β-unsaturated/α-hetero) is 1. The van der Waals surface area contributed by atoms with Gasteiger partial charge in [-0.3, -0.25) is 4.79 Å². The summed E-state index contributed by atoms with van der Waals surface area (Å²) >= 11 is 0. The van der Waals surface area contributed by atoms with Crippen LogP contribution in [-0.4, -0.2) is 20.0 Å². The van der Waals surface area contributed by atoms with Crippen molar-refractivity contribution in [3.8, 4) is 0 Å². The third kappa shape index (κ3) is 3.98. The molecular weight excluding hydrogens is 372 g/mol. The van der Waals surface area contributed by atoms with E-state index in [-0.39, 0.29) is 22.8 Å². The zero-order valence-electron chi connectivity index (χ0n) is 18.7. The summed E-state index contributed by atoms with van der Waals surface area (Å²) in [7, 11) is -2.36. The molecule has 0 aliphatic carbocycles. The van der Waals surface area contributed by atoms with Crippen molar-refractivity contribution in [2.75, 3.05) is 0 Å². The number of allylic oxidation sites excluding steroid dienone is 1. The molecule has 3 rings (SSSR count). The molecule has 0 bridgehead atoms. The van der Waals surface area contributed by atoms with Crippen LogP contribution in [0.1, 0.15) is 54.4 Å². The van der Waals surface area contributed by atoms with Gasteiger partial charge in [0.15, 0.2) is 8.07 Å². The van der Waals surface area contributed by atoms with Crippen molar-refractivity contribution in [3.63, 3.8) is 0 Å². The zero-order valence-corrected chi connectivity index (χ0v) is 19.7. The second-order valence-electron chi connectivity index (χ2n) is 9.54. The quantitative estimate of drug-likeness (QED) is 0.611. The van der Waals surface area contributed by atoms with Gasteiger partial charge in [0.05, 0.1) is 5.76 Å². The van der Waals surface area contributed by atoms with Crippen molar-refractivity contribution in [1.82, 2.24) is 0 Å². The van der Waals surface area contributed by atoms with Gasteiger partial charge in [0.25, 0.3) is 0 Å². The Kier molecular flexibility index (Phi) is 6.18. The van der Waals surface area contributed by atoms with E-state index >= 15 is 0 Å². The molecule has 2 aromatic carbocycles. The molecule has 1 unspecified atom stereocenters. The van der Waals surface area contributed by atoms with E-state index in [1.807, 2.05) is 13.8 Å². The predicted molar refractivity (Wildman–Crippen MR) is 124 cm³/mol. The van der Waals surface area contributed by atoms with E-state index in [1.165, 1.54) is 15.6 Å². The molecule has 0 saturated heterocycles. The largest absolute Gasteiger partial charge is 0.495 e. The molecule has 0 amide bonds. The van der Waals surface area contributed by atoms with Gasteiger partial charge in [-0.25, -0.2) is 0 Å². The van der Waals surface area contributed by atoms with Gasteiger partial charge in [-0.05, 0) is 27.5 Å². The highest BCUT2D eigenvalue weighted by Crippen LogP contribution is 2.46. The first-order valence-corrected chi connectivity index (χ1v) is 12.7. The lowest BCUT2D eigenvalue weighted by Gasteiger charge is -2.45. The number of hydrogen-bond donors (Lipinski definition) is 0. The average Bonchev–Trinajstić information content (AvgIpc) is 3.03. The summed E-state index contributed by atoms with van der Waals surface area (Å²) in [5, 5.41) is 4.30. The Bertz CT molecular complexity index is 836. The predicted octanol–water partition coefficient (Wildman–Crippen LogP) is 5.27. The Morgan fingerprint density at radius 1 is 1.00 bits per heavy atom. The summed E-state index contributed by atoms with van der Waals surface area (Å²) in [5.41, 5.74) is 0. The third-order valence-corrected chi connectivity index (χ3v) is 12.4. The molecule has 2 nitrogen and oxygen atoms in total. The van der Waals surface area contributed by atoms with Crippen LogP contribution in [0.5, 0.6) is 0 Å². The summed E-state index contributed by atoms with van der Waals surface area (Å²) in [5.74, 6) is 1.36. The maximum atomic E-state index is 12.4. The van der Waals surface area contributed by atoms with Gasteiger partial charge in [0, 0.05) is 18.8 Å². The number of ketones is 1. The Morgan fingerprint density at radius 2 is 1.48 bits per heavy atom. The highest BCUT2D eigenvalue weighted by atomic mass is 28.3. The summed E-state index contributed by atoms with van der Waals surface area (Å²) in [6, 6.07) is 21.9. The Morgan fingerprint density at radius 3 is 1.90 bits per heavy atom. The van der Waals surface area contributed by atoms with Gasteiger partial charge in [0.2, 0.25) is 0 Å². The molecule has 1 aliphatic rings. The number of rotatable bonds is 6. The van der Waals surface area contributed by atoms with Crippen LogP contribution in [0.15, 0.2) is 71.6 Å². The van der Waals surface area contributed by atoms with E-state index in [0.29, 0.717) is 6.42 Å². The maximum absolute atomic E-state index is 12.4. The molecule has 1 aliphatic heterocycles. The fourth-order valence-corrected chi connectivity index (χ4v) is 11.1. The van der Waals surface area contributed by atoms with Crippen LogP contribution in [0.25, 0.3) is 0 Å². The van der Waals surface area contributed by atoms with E-state index in [1.54, 1.807) is 0 Å². The lowest BCUT2D eigenvalue weighted by atomic mass is 10.0. The molecule has 2 aromatic rings. The number of ether oxygens (including phenoxy) is 1. The van der Waals surface area contributed by atoms with Gasteiger partial charge in [-0.15, -0.1) is 0 Å².